The molecule has 0 fully saturated rings. The summed E-state index contributed by atoms with van der Waals surface area (Å²) in [5, 5.41) is 24.9. The van der Waals surface area contributed by atoms with Crippen molar-refractivity contribution in [3.05, 3.63) is 29.3 Å². The Morgan fingerprint density at radius 3 is 2.58 bits per heavy atom. The highest BCUT2D eigenvalue weighted by atomic mass is 16.6. The van der Waals surface area contributed by atoms with Gasteiger partial charge in [-0.15, -0.1) is 0 Å². The molecule has 8 heteroatoms. The van der Waals surface area contributed by atoms with Crippen LogP contribution in [0.5, 0.6) is 0 Å². The Kier molecular flexibility index (Phi) is 4.91. The SMILES string of the molecule is CC(C)(C)OC(=O)NCC(O)C(O)c1ccc2c(c1)C(=O)C(=O)N2. The number of hydrogen-bond acceptors (Lipinski definition) is 6. The third-order valence-corrected chi connectivity index (χ3v) is 3.30. The molecule has 1 aliphatic heterocycles. The molecule has 2 unspecified atom stereocenters. The number of hydrogen-bond donors (Lipinski definition) is 4. The number of amides is 2. The van der Waals surface area contributed by atoms with Gasteiger partial charge in [0.15, 0.2) is 0 Å². The summed E-state index contributed by atoms with van der Waals surface area (Å²) in [4.78, 5) is 34.5. The lowest BCUT2D eigenvalue weighted by Gasteiger charge is -2.22. The van der Waals surface area contributed by atoms with Crippen molar-refractivity contribution in [2.45, 2.75) is 38.6 Å². The molecule has 0 radical (unpaired) electrons. The first-order valence-corrected chi connectivity index (χ1v) is 7.41. The maximum Gasteiger partial charge on any atom is 0.407 e. The molecule has 1 aromatic rings. The van der Waals surface area contributed by atoms with Crippen LogP contribution in [0.2, 0.25) is 0 Å². The third-order valence-electron chi connectivity index (χ3n) is 3.30. The summed E-state index contributed by atoms with van der Waals surface area (Å²) in [6.45, 7) is 4.87. The minimum absolute atomic E-state index is 0.142. The molecule has 4 N–H and O–H groups in total. The van der Waals surface area contributed by atoms with Gasteiger partial charge in [0.2, 0.25) is 0 Å². The Morgan fingerprint density at radius 1 is 1.29 bits per heavy atom. The fourth-order valence-electron chi connectivity index (χ4n) is 2.18. The van der Waals surface area contributed by atoms with Crippen molar-refractivity contribution >= 4 is 23.5 Å². The fraction of sp³-hybridized carbons (Fsp3) is 0.438. The number of anilines is 1. The first-order valence-electron chi connectivity index (χ1n) is 7.41. The van der Waals surface area contributed by atoms with Crippen LogP contribution in [0.3, 0.4) is 0 Å². The van der Waals surface area contributed by atoms with E-state index in [1.807, 2.05) is 0 Å². The quantitative estimate of drug-likeness (QED) is 0.601. The summed E-state index contributed by atoms with van der Waals surface area (Å²) in [6.07, 6.45) is -3.36. The van der Waals surface area contributed by atoms with E-state index in [0.717, 1.165) is 0 Å². The zero-order chi connectivity index (χ0) is 18.1. The number of ketones is 1. The highest BCUT2D eigenvalue weighted by Gasteiger charge is 2.30. The van der Waals surface area contributed by atoms with Crippen molar-refractivity contribution in [1.82, 2.24) is 5.32 Å². The van der Waals surface area contributed by atoms with Crippen LogP contribution in [0.15, 0.2) is 18.2 Å². The van der Waals surface area contributed by atoms with Crippen LogP contribution in [0.25, 0.3) is 0 Å². The first kappa shape index (κ1) is 17.9. The molecule has 0 aliphatic carbocycles. The summed E-state index contributed by atoms with van der Waals surface area (Å²) in [7, 11) is 0. The summed E-state index contributed by atoms with van der Waals surface area (Å²) < 4.78 is 5.03. The molecule has 0 saturated carbocycles. The maximum atomic E-state index is 11.7. The molecule has 0 spiro atoms. The van der Waals surface area contributed by atoms with Gasteiger partial charge < -0.3 is 25.6 Å². The van der Waals surface area contributed by atoms with Gasteiger partial charge in [-0.1, -0.05) is 6.07 Å². The van der Waals surface area contributed by atoms with Gasteiger partial charge in [-0.2, -0.15) is 0 Å². The van der Waals surface area contributed by atoms with Crippen LogP contribution in [-0.4, -0.2) is 46.2 Å². The summed E-state index contributed by atoms with van der Waals surface area (Å²) in [5.74, 6) is -1.43. The Balaban J connectivity index is 1.99. The predicted octanol–water partition coefficient (Wildman–Crippen LogP) is 0.740. The Morgan fingerprint density at radius 2 is 1.96 bits per heavy atom. The van der Waals surface area contributed by atoms with Gasteiger partial charge in [0.1, 0.15) is 17.8 Å². The Bertz CT molecular complexity index is 680. The largest absolute Gasteiger partial charge is 0.444 e. The molecule has 2 amide bonds. The average molecular weight is 336 g/mol. The van der Waals surface area contributed by atoms with Crippen molar-refractivity contribution in [2.75, 3.05) is 11.9 Å². The molecule has 0 saturated heterocycles. The summed E-state index contributed by atoms with van der Waals surface area (Å²) >= 11 is 0. The number of ether oxygens (including phenoxy) is 1. The third kappa shape index (κ3) is 4.09. The van der Waals surface area contributed by atoms with Gasteiger partial charge in [-0.3, -0.25) is 9.59 Å². The van der Waals surface area contributed by atoms with Crippen molar-refractivity contribution in [3.63, 3.8) is 0 Å². The number of benzene rings is 1. The molecule has 2 atom stereocenters. The second-order valence-corrected chi connectivity index (χ2v) is 6.48. The number of nitrogens with one attached hydrogen (secondary N) is 2. The molecule has 24 heavy (non-hydrogen) atoms. The molecule has 0 aromatic heterocycles. The van der Waals surface area contributed by atoms with Crippen LogP contribution >= 0.6 is 0 Å². The number of fused-ring (bicyclic) bond motifs is 1. The van der Waals surface area contributed by atoms with E-state index in [-0.39, 0.29) is 17.7 Å². The van der Waals surface area contributed by atoms with E-state index in [1.165, 1.54) is 18.2 Å². The number of aliphatic hydroxyl groups excluding tert-OH is 2. The second-order valence-electron chi connectivity index (χ2n) is 6.48. The number of carbonyl (C=O) groups excluding carboxylic acids is 3. The zero-order valence-corrected chi connectivity index (χ0v) is 13.6. The van der Waals surface area contributed by atoms with Crippen molar-refractivity contribution in [3.8, 4) is 0 Å². The molecule has 2 rings (SSSR count). The topological polar surface area (TPSA) is 125 Å². The number of alkyl carbamates (subject to hydrolysis) is 1. The van der Waals surface area contributed by atoms with Gasteiger partial charge in [-0.05, 0) is 38.5 Å². The highest BCUT2D eigenvalue weighted by Crippen LogP contribution is 2.27. The smallest absolute Gasteiger partial charge is 0.407 e. The van der Waals surface area contributed by atoms with E-state index in [0.29, 0.717) is 5.69 Å². The highest BCUT2D eigenvalue weighted by molar-refractivity contribution is 6.51. The van der Waals surface area contributed by atoms with E-state index in [9.17, 15) is 24.6 Å². The van der Waals surface area contributed by atoms with Crippen LogP contribution in [0.4, 0.5) is 10.5 Å². The van der Waals surface area contributed by atoms with E-state index >= 15 is 0 Å². The lowest BCUT2D eigenvalue weighted by Crippen LogP contribution is -2.38. The Hall–Kier alpha value is -2.45. The van der Waals surface area contributed by atoms with Gasteiger partial charge in [0.25, 0.3) is 11.7 Å². The second kappa shape index (κ2) is 6.58. The number of carbonyl (C=O) groups is 3. The van der Waals surface area contributed by atoms with Crippen LogP contribution < -0.4 is 10.6 Å². The fourth-order valence-corrected chi connectivity index (χ4v) is 2.18. The predicted molar refractivity (Wildman–Crippen MR) is 84.6 cm³/mol. The maximum absolute atomic E-state index is 11.7. The molecule has 1 aliphatic rings. The van der Waals surface area contributed by atoms with E-state index in [1.54, 1.807) is 20.8 Å². The number of Topliss-reactive ketones (excluding diaryl/α,β-unsaturated/α-hetero) is 1. The average Bonchev–Trinajstić information content (AvgIpc) is 2.77. The molecule has 130 valence electrons. The zero-order valence-electron chi connectivity index (χ0n) is 13.6. The van der Waals surface area contributed by atoms with E-state index < -0.39 is 35.6 Å². The minimum atomic E-state index is -1.34. The van der Waals surface area contributed by atoms with Crippen LogP contribution in [-0.2, 0) is 9.53 Å². The first-order chi connectivity index (χ1) is 11.1. The van der Waals surface area contributed by atoms with Crippen molar-refractivity contribution < 1.29 is 29.3 Å². The molecule has 1 heterocycles. The molecular formula is C16H20N2O6. The number of aliphatic hydroxyl groups is 2. The number of rotatable bonds is 4. The molecule has 8 nitrogen and oxygen atoms in total. The summed E-state index contributed by atoms with van der Waals surface area (Å²) in [5.41, 5.74) is 0.0938. The van der Waals surface area contributed by atoms with Gasteiger partial charge in [-0.25, -0.2) is 4.79 Å². The van der Waals surface area contributed by atoms with Gasteiger partial charge >= 0.3 is 6.09 Å². The van der Waals surface area contributed by atoms with Gasteiger partial charge in [0.05, 0.1) is 11.3 Å². The molecular weight excluding hydrogens is 316 g/mol. The van der Waals surface area contributed by atoms with Gasteiger partial charge in [0, 0.05) is 6.54 Å². The minimum Gasteiger partial charge on any atom is -0.444 e. The normalized spacial score (nSPS) is 16.2. The molecule has 1 aromatic carbocycles. The van der Waals surface area contributed by atoms with Crippen LogP contribution in [0, 0.1) is 0 Å². The lowest BCUT2D eigenvalue weighted by molar-refractivity contribution is -0.112. The molecule has 0 bridgehead atoms. The van der Waals surface area contributed by atoms with E-state index in [4.69, 9.17) is 4.74 Å². The van der Waals surface area contributed by atoms with Crippen LogP contribution in [0.1, 0.15) is 42.8 Å². The van der Waals surface area contributed by atoms with Crippen molar-refractivity contribution in [2.24, 2.45) is 0 Å². The Labute approximate surface area is 138 Å². The standard InChI is InChI=1S/C16H20N2O6/c1-16(2,3)24-15(23)17-7-11(19)12(20)8-4-5-10-9(6-8)13(21)14(22)18-10/h4-6,11-12,19-20H,7H2,1-3H3,(H,17,23)(H,18,21,22). The lowest BCUT2D eigenvalue weighted by atomic mass is 10.0. The monoisotopic (exact) mass is 336 g/mol. The van der Waals surface area contributed by atoms with Crippen molar-refractivity contribution in [1.29, 1.82) is 0 Å². The van der Waals surface area contributed by atoms with E-state index in [2.05, 4.69) is 10.6 Å². The summed E-state index contributed by atoms with van der Waals surface area (Å²) in [6, 6.07) is 4.31.